The number of nitrogens with zero attached hydrogens (tertiary/aromatic N) is 4. The van der Waals surface area contributed by atoms with Crippen LogP contribution < -0.4 is 4.74 Å². The molecule has 0 saturated carbocycles. The molecule has 0 fully saturated rings. The zero-order valence-corrected chi connectivity index (χ0v) is 26.4. The second kappa shape index (κ2) is 9.96. The van der Waals surface area contributed by atoms with Crippen LogP contribution in [0.4, 0.5) is 0 Å². The van der Waals surface area contributed by atoms with Crippen LogP contribution in [-0.4, -0.2) is 18.7 Å². The maximum absolute atomic E-state index is 6.08. The smallest absolute Gasteiger partial charge is 0.302 e. The zero-order valence-electron chi connectivity index (χ0n) is 26.4. The van der Waals surface area contributed by atoms with Crippen molar-refractivity contribution in [3.63, 3.8) is 0 Å². The van der Waals surface area contributed by atoms with E-state index in [-0.39, 0.29) is 0 Å². The normalized spacial score (nSPS) is 12.6. The van der Waals surface area contributed by atoms with Crippen molar-refractivity contribution in [1.82, 2.24) is 18.7 Å². The standard InChI is InChI=1S/C44H28N4O/c1-2-11-31(12-3-1)46-39-16-8-5-13-33(39)35-24-28(18-21-41(35)46)29-19-22-42-36(25-29)34-14-6-9-17-40(34)47(42)32-20-23-43-37(26-32)45-44-48(43)38-15-7-4-10-30(38)27-49-44/h1-26H,27H2. The Morgan fingerprint density at radius 1 is 0.429 bits per heavy atom. The lowest BCUT2D eigenvalue weighted by Gasteiger charge is -2.19. The van der Waals surface area contributed by atoms with E-state index < -0.39 is 0 Å². The van der Waals surface area contributed by atoms with E-state index in [1.54, 1.807) is 0 Å². The van der Waals surface area contributed by atoms with E-state index in [4.69, 9.17) is 9.72 Å². The molecule has 0 radical (unpaired) electrons. The highest BCUT2D eigenvalue weighted by Gasteiger charge is 2.22. The van der Waals surface area contributed by atoms with Crippen molar-refractivity contribution in [2.75, 3.05) is 0 Å². The Kier molecular flexibility index (Phi) is 5.38. The Morgan fingerprint density at radius 3 is 1.71 bits per heavy atom. The molecule has 0 unspecified atom stereocenters. The summed E-state index contributed by atoms with van der Waals surface area (Å²) in [6.45, 7) is 0.531. The first-order chi connectivity index (χ1) is 24.3. The van der Waals surface area contributed by atoms with Gasteiger partial charge in [-0.25, -0.2) is 0 Å². The van der Waals surface area contributed by atoms with Gasteiger partial charge in [0.25, 0.3) is 0 Å². The fourth-order valence-electron chi connectivity index (χ4n) is 7.95. The van der Waals surface area contributed by atoms with Crippen LogP contribution in [0, 0.1) is 0 Å². The maximum Gasteiger partial charge on any atom is 0.302 e. The van der Waals surface area contributed by atoms with E-state index in [2.05, 4.69) is 171 Å². The van der Waals surface area contributed by atoms with Gasteiger partial charge in [0.15, 0.2) is 0 Å². The molecule has 11 rings (SSSR count). The molecule has 0 spiro atoms. The predicted octanol–water partition coefficient (Wildman–Crippen LogP) is 10.8. The van der Waals surface area contributed by atoms with Crippen LogP contribution in [0.15, 0.2) is 158 Å². The monoisotopic (exact) mass is 628 g/mol. The van der Waals surface area contributed by atoms with Gasteiger partial charge in [0, 0.05) is 38.5 Å². The van der Waals surface area contributed by atoms with Crippen LogP contribution in [0.25, 0.3) is 82.8 Å². The summed E-state index contributed by atoms with van der Waals surface area (Å²) in [5.41, 5.74) is 13.6. The number of benzene rings is 7. The summed E-state index contributed by atoms with van der Waals surface area (Å²) in [7, 11) is 0. The summed E-state index contributed by atoms with van der Waals surface area (Å²) in [5.74, 6) is 0. The van der Waals surface area contributed by atoms with Gasteiger partial charge in [-0.05, 0) is 83.9 Å². The number of hydrogen-bond acceptors (Lipinski definition) is 2. The van der Waals surface area contributed by atoms with E-state index in [1.807, 2.05) is 0 Å². The number of aromatic nitrogens is 4. The molecule has 0 bridgehead atoms. The van der Waals surface area contributed by atoms with E-state index >= 15 is 0 Å². The molecule has 5 nitrogen and oxygen atoms in total. The molecule has 10 aromatic rings. The molecule has 3 aromatic heterocycles. The average Bonchev–Trinajstić information content (AvgIpc) is 3.82. The molecule has 5 heteroatoms. The lowest BCUT2D eigenvalue weighted by atomic mass is 10.0. The van der Waals surface area contributed by atoms with E-state index in [1.165, 1.54) is 54.9 Å². The van der Waals surface area contributed by atoms with Gasteiger partial charge in [-0.2, -0.15) is 4.98 Å². The minimum absolute atomic E-state index is 0.531. The molecule has 49 heavy (non-hydrogen) atoms. The lowest BCUT2D eigenvalue weighted by Crippen LogP contribution is -2.11. The van der Waals surface area contributed by atoms with Gasteiger partial charge in [-0.15, -0.1) is 0 Å². The third-order valence-corrected chi connectivity index (χ3v) is 10.1. The van der Waals surface area contributed by atoms with Gasteiger partial charge in [-0.3, -0.25) is 4.57 Å². The fraction of sp³-hybridized carbons (Fsp3) is 0.0227. The fourth-order valence-corrected chi connectivity index (χ4v) is 7.95. The number of rotatable bonds is 3. The molecule has 4 heterocycles. The SMILES string of the molecule is c1ccc(-n2c3ccccc3c3cc(-c4ccc5c(c4)c4ccccc4n5-c4ccc5c(c4)nc4n5-c5ccccc5CO4)ccc32)cc1. The predicted molar refractivity (Wildman–Crippen MR) is 200 cm³/mol. The van der Waals surface area contributed by atoms with Crippen molar-refractivity contribution in [2.24, 2.45) is 0 Å². The largest absolute Gasteiger partial charge is 0.459 e. The quantitative estimate of drug-likeness (QED) is 0.195. The number of ether oxygens (including phenoxy) is 1. The highest BCUT2D eigenvalue weighted by atomic mass is 16.5. The van der Waals surface area contributed by atoms with Gasteiger partial charge >= 0.3 is 6.01 Å². The molecule has 0 aliphatic carbocycles. The molecule has 0 N–H and O–H groups in total. The number of hydrogen-bond donors (Lipinski definition) is 0. The van der Waals surface area contributed by atoms with Crippen LogP contribution in [-0.2, 0) is 6.61 Å². The summed E-state index contributed by atoms with van der Waals surface area (Å²) in [6, 6.07) is 57.3. The minimum atomic E-state index is 0.531. The van der Waals surface area contributed by atoms with E-state index in [0.29, 0.717) is 12.6 Å². The Labute approximate surface area is 281 Å². The first-order valence-corrected chi connectivity index (χ1v) is 16.7. The van der Waals surface area contributed by atoms with Gasteiger partial charge in [0.1, 0.15) is 6.61 Å². The van der Waals surface area contributed by atoms with Crippen molar-refractivity contribution in [2.45, 2.75) is 6.61 Å². The second-order valence-corrected chi connectivity index (χ2v) is 12.8. The Hall–Kier alpha value is -6.59. The van der Waals surface area contributed by atoms with Crippen molar-refractivity contribution >= 4 is 54.6 Å². The summed E-state index contributed by atoms with van der Waals surface area (Å²) >= 11 is 0. The Bertz CT molecular complexity index is 2940. The highest BCUT2D eigenvalue weighted by molar-refractivity contribution is 6.12. The lowest BCUT2D eigenvalue weighted by molar-refractivity contribution is 0.265. The molecule has 0 atom stereocenters. The molecule has 1 aliphatic rings. The summed E-state index contributed by atoms with van der Waals surface area (Å²) in [4.78, 5) is 4.93. The molecule has 1 aliphatic heterocycles. The zero-order chi connectivity index (χ0) is 32.1. The van der Waals surface area contributed by atoms with Crippen LogP contribution in [0.5, 0.6) is 6.01 Å². The van der Waals surface area contributed by atoms with Crippen molar-refractivity contribution in [1.29, 1.82) is 0 Å². The molecule has 0 saturated heterocycles. The second-order valence-electron chi connectivity index (χ2n) is 12.8. The number of para-hydroxylation sites is 4. The molecule has 0 amide bonds. The van der Waals surface area contributed by atoms with Crippen LogP contribution >= 0.6 is 0 Å². The first-order valence-electron chi connectivity index (χ1n) is 16.7. The topological polar surface area (TPSA) is 36.9 Å². The summed E-state index contributed by atoms with van der Waals surface area (Å²) in [6.07, 6.45) is 0. The maximum atomic E-state index is 6.08. The molecule has 230 valence electrons. The molecule has 7 aromatic carbocycles. The number of fused-ring (bicyclic) bond motifs is 11. The Balaban J connectivity index is 1.08. The molecular formula is C44H28N4O. The first kappa shape index (κ1) is 26.5. The van der Waals surface area contributed by atoms with Crippen molar-refractivity contribution in [3.8, 4) is 34.2 Å². The van der Waals surface area contributed by atoms with Gasteiger partial charge in [-0.1, -0.05) is 84.9 Å². The number of imidazole rings is 1. The average molecular weight is 629 g/mol. The van der Waals surface area contributed by atoms with Gasteiger partial charge in [0.05, 0.1) is 38.8 Å². The third kappa shape index (κ3) is 3.78. The van der Waals surface area contributed by atoms with Crippen LogP contribution in [0.3, 0.4) is 0 Å². The Morgan fingerprint density at radius 2 is 1.00 bits per heavy atom. The minimum Gasteiger partial charge on any atom is -0.459 e. The van der Waals surface area contributed by atoms with Gasteiger partial charge < -0.3 is 13.9 Å². The van der Waals surface area contributed by atoms with E-state index in [9.17, 15) is 0 Å². The van der Waals surface area contributed by atoms with Crippen LogP contribution in [0.1, 0.15) is 5.56 Å². The van der Waals surface area contributed by atoms with E-state index in [0.717, 1.165) is 33.5 Å². The summed E-state index contributed by atoms with van der Waals surface area (Å²) in [5, 5.41) is 4.96. The van der Waals surface area contributed by atoms with Crippen molar-refractivity contribution in [3.05, 3.63) is 163 Å². The van der Waals surface area contributed by atoms with Crippen LogP contribution in [0.2, 0.25) is 0 Å². The van der Waals surface area contributed by atoms with Crippen molar-refractivity contribution < 1.29 is 4.74 Å². The highest BCUT2D eigenvalue weighted by Crippen LogP contribution is 2.39. The molecular weight excluding hydrogens is 601 g/mol. The summed E-state index contributed by atoms with van der Waals surface area (Å²) < 4.78 is 12.9. The van der Waals surface area contributed by atoms with Gasteiger partial charge in [0.2, 0.25) is 0 Å². The third-order valence-electron chi connectivity index (χ3n) is 10.1.